The molecule has 2 aromatic rings. The first-order chi connectivity index (χ1) is 6.92. The molecule has 0 amide bonds. The Kier molecular flexibility index (Phi) is 2.99. The number of rotatable bonds is 4. The summed E-state index contributed by atoms with van der Waals surface area (Å²) in [5.41, 5.74) is 1.12. The second kappa shape index (κ2) is 4.42. The third-order valence-electron chi connectivity index (χ3n) is 2.10. The van der Waals surface area contributed by atoms with E-state index in [1.165, 1.54) is 10.1 Å². The van der Waals surface area contributed by atoms with Crippen LogP contribution in [0.1, 0.15) is 6.42 Å². The monoisotopic (exact) mass is 209 g/mol. The molecule has 0 unspecified atom stereocenters. The molecule has 0 atom stereocenters. The number of hydrogen-bond acceptors (Lipinski definition) is 2. The van der Waals surface area contributed by atoms with E-state index >= 15 is 0 Å². The molecule has 0 spiro atoms. The third-order valence-corrected chi connectivity index (χ3v) is 3.07. The lowest BCUT2D eigenvalue weighted by Crippen LogP contribution is -2.01. The van der Waals surface area contributed by atoms with Gasteiger partial charge in [0.1, 0.15) is 0 Å². The van der Waals surface area contributed by atoms with Crippen LogP contribution in [0.3, 0.4) is 0 Å². The van der Waals surface area contributed by atoms with Crippen molar-refractivity contribution in [2.75, 3.05) is 18.5 Å². The fraction of sp³-hybridized carbons (Fsp3) is 0.273. The highest BCUT2D eigenvalue weighted by Crippen LogP contribution is 2.28. The number of fused-ring (bicyclic) bond motifs is 1. The van der Waals surface area contributed by atoms with Gasteiger partial charge in [-0.3, -0.25) is 4.39 Å². The number of benzene rings is 1. The molecule has 2 rings (SSSR count). The van der Waals surface area contributed by atoms with Crippen LogP contribution in [0.5, 0.6) is 0 Å². The van der Waals surface area contributed by atoms with Crippen molar-refractivity contribution in [3.8, 4) is 0 Å². The number of thiophene rings is 1. The van der Waals surface area contributed by atoms with E-state index < -0.39 is 0 Å². The summed E-state index contributed by atoms with van der Waals surface area (Å²) in [6.45, 7) is 0.445. The van der Waals surface area contributed by atoms with Gasteiger partial charge < -0.3 is 5.32 Å². The molecule has 1 heterocycles. The summed E-state index contributed by atoms with van der Waals surface area (Å²) in [7, 11) is 0. The second-order valence-electron chi connectivity index (χ2n) is 3.11. The number of alkyl halides is 1. The molecule has 1 N–H and O–H groups in total. The minimum Gasteiger partial charge on any atom is -0.384 e. The summed E-state index contributed by atoms with van der Waals surface area (Å²) < 4.78 is 13.2. The van der Waals surface area contributed by atoms with Crippen molar-refractivity contribution in [1.82, 2.24) is 0 Å². The lowest BCUT2D eigenvalue weighted by Gasteiger charge is -2.05. The number of anilines is 1. The standard InChI is InChI=1S/C11H12FNS/c12-6-2-7-13-10-4-1-3-9-5-8-14-11(9)10/h1,3-5,8,13H,2,6-7H2. The van der Waals surface area contributed by atoms with Crippen molar-refractivity contribution in [1.29, 1.82) is 0 Å². The van der Waals surface area contributed by atoms with E-state index in [1.54, 1.807) is 11.3 Å². The lowest BCUT2D eigenvalue weighted by atomic mass is 10.2. The fourth-order valence-corrected chi connectivity index (χ4v) is 2.31. The van der Waals surface area contributed by atoms with Crippen LogP contribution in [0.2, 0.25) is 0 Å². The molecule has 1 aromatic heterocycles. The Labute approximate surface area is 86.6 Å². The van der Waals surface area contributed by atoms with Crippen LogP contribution in [0.15, 0.2) is 29.6 Å². The van der Waals surface area contributed by atoms with Crippen LogP contribution in [-0.2, 0) is 0 Å². The highest BCUT2D eigenvalue weighted by Gasteiger charge is 2.00. The maximum absolute atomic E-state index is 11.9. The highest BCUT2D eigenvalue weighted by molar-refractivity contribution is 7.17. The Morgan fingerprint density at radius 2 is 2.21 bits per heavy atom. The molecule has 0 bridgehead atoms. The van der Waals surface area contributed by atoms with Crippen LogP contribution >= 0.6 is 11.3 Å². The molecule has 1 nitrogen and oxygen atoms in total. The van der Waals surface area contributed by atoms with Gasteiger partial charge in [0.2, 0.25) is 0 Å². The lowest BCUT2D eigenvalue weighted by molar-refractivity contribution is 0.481. The maximum atomic E-state index is 11.9. The first-order valence-corrected chi connectivity index (χ1v) is 5.56. The quantitative estimate of drug-likeness (QED) is 0.757. The normalized spacial score (nSPS) is 10.6. The van der Waals surface area contributed by atoms with Crippen LogP contribution in [0.25, 0.3) is 10.1 Å². The predicted octanol–water partition coefficient (Wildman–Crippen LogP) is 3.67. The van der Waals surface area contributed by atoms with Gasteiger partial charge in [0.25, 0.3) is 0 Å². The van der Waals surface area contributed by atoms with Gasteiger partial charge in [0.15, 0.2) is 0 Å². The predicted molar refractivity (Wildman–Crippen MR) is 60.9 cm³/mol. The first-order valence-electron chi connectivity index (χ1n) is 4.68. The zero-order valence-corrected chi connectivity index (χ0v) is 8.61. The first kappa shape index (κ1) is 9.46. The van der Waals surface area contributed by atoms with Crippen LogP contribution < -0.4 is 5.32 Å². The zero-order chi connectivity index (χ0) is 9.80. The van der Waals surface area contributed by atoms with Crippen molar-refractivity contribution in [3.63, 3.8) is 0 Å². The molecule has 0 fully saturated rings. The zero-order valence-electron chi connectivity index (χ0n) is 7.79. The SMILES string of the molecule is FCCCNc1cccc2ccsc12. The molecule has 14 heavy (non-hydrogen) atoms. The Balaban J connectivity index is 2.19. The van der Waals surface area contributed by atoms with Crippen molar-refractivity contribution in [2.24, 2.45) is 0 Å². The topological polar surface area (TPSA) is 12.0 Å². The molecule has 1 aromatic carbocycles. The summed E-state index contributed by atoms with van der Waals surface area (Å²) in [5.74, 6) is 0. The van der Waals surface area contributed by atoms with Crippen molar-refractivity contribution in [3.05, 3.63) is 29.6 Å². The Morgan fingerprint density at radius 3 is 3.07 bits per heavy atom. The molecule has 0 saturated heterocycles. The van der Waals surface area contributed by atoms with Gasteiger partial charge in [-0.15, -0.1) is 11.3 Å². The maximum Gasteiger partial charge on any atom is 0.0911 e. The van der Waals surface area contributed by atoms with Gasteiger partial charge in [-0.05, 0) is 29.3 Å². The minimum atomic E-state index is -0.257. The van der Waals surface area contributed by atoms with E-state index in [1.807, 2.05) is 12.1 Å². The van der Waals surface area contributed by atoms with Gasteiger partial charge in [-0.1, -0.05) is 12.1 Å². The minimum absolute atomic E-state index is 0.257. The summed E-state index contributed by atoms with van der Waals surface area (Å²) >= 11 is 1.72. The van der Waals surface area contributed by atoms with E-state index in [2.05, 4.69) is 22.8 Å². The summed E-state index contributed by atoms with van der Waals surface area (Å²) in [6.07, 6.45) is 0.571. The molecule has 3 heteroatoms. The molecule has 0 radical (unpaired) electrons. The number of halogens is 1. The van der Waals surface area contributed by atoms with Gasteiger partial charge in [-0.2, -0.15) is 0 Å². The highest BCUT2D eigenvalue weighted by atomic mass is 32.1. The molecule has 0 aliphatic heterocycles. The second-order valence-corrected chi connectivity index (χ2v) is 4.03. The molecule has 0 aliphatic carbocycles. The average molecular weight is 209 g/mol. The van der Waals surface area contributed by atoms with E-state index in [0.717, 1.165) is 5.69 Å². The molecule has 0 saturated carbocycles. The molecular weight excluding hydrogens is 197 g/mol. The van der Waals surface area contributed by atoms with Crippen LogP contribution in [-0.4, -0.2) is 13.2 Å². The Morgan fingerprint density at radius 1 is 1.29 bits per heavy atom. The molecular formula is C11H12FNS. The largest absolute Gasteiger partial charge is 0.384 e. The van der Waals surface area contributed by atoms with Gasteiger partial charge in [0.05, 0.1) is 17.1 Å². The van der Waals surface area contributed by atoms with Crippen molar-refractivity contribution >= 4 is 27.1 Å². The van der Waals surface area contributed by atoms with E-state index in [0.29, 0.717) is 13.0 Å². The van der Waals surface area contributed by atoms with Gasteiger partial charge in [-0.25, -0.2) is 0 Å². The summed E-state index contributed by atoms with van der Waals surface area (Å²) in [5, 5.41) is 6.57. The van der Waals surface area contributed by atoms with Crippen LogP contribution in [0, 0.1) is 0 Å². The van der Waals surface area contributed by atoms with Crippen LogP contribution in [0.4, 0.5) is 10.1 Å². The van der Waals surface area contributed by atoms with E-state index in [-0.39, 0.29) is 6.67 Å². The van der Waals surface area contributed by atoms with Gasteiger partial charge >= 0.3 is 0 Å². The third kappa shape index (κ3) is 1.87. The molecule has 0 aliphatic rings. The number of hydrogen-bond donors (Lipinski definition) is 1. The van der Waals surface area contributed by atoms with E-state index in [9.17, 15) is 4.39 Å². The Hall–Kier alpha value is -1.09. The smallest absolute Gasteiger partial charge is 0.0911 e. The average Bonchev–Trinajstić information content (AvgIpc) is 2.67. The summed E-state index contributed by atoms with van der Waals surface area (Å²) in [4.78, 5) is 0. The fourth-order valence-electron chi connectivity index (χ4n) is 1.42. The Bertz CT molecular complexity index is 410. The molecule has 74 valence electrons. The van der Waals surface area contributed by atoms with E-state index in [4.69, 9.17) is 0 Å². The summed E-state index contributed by atoms with van der Waals surface area (Å²) in [6, 6.07) is 8.25. The number of nitrogens with one attached hydrogen (secondary N) is 1. The van der Waals surface area contributed by atoms with Crippen molar-refractivity contribution < 1.29 is 4.39 Å². The van der Waals surface area contributed by atoms with Crippen molar-refractivity contribution in [2.45, 2.75) is 6.42 Å². The van der Waals surface area contributed by atoms with Gasteiger partial charge in [0, 0.05) is 6.54 Å².